The quantitative estimate of drug-likeness (QED) is 0.192. The first-order valence-electron chi connectivity index (χ1n) is 6.59. The van der Waals surface area contributed by atoms with E-state index in [0.717, 1.165) is 25.7 Å². The monoisotopic (exact) mass is 355 g/mol. The Hall–Kier alpha value is -0.0900. The fourth-order valence-corrected chi connectivity index (χ4v) is 2.69. The van der Waals surface area contributed by atoms with Gasteiger partial charge in [0, 0.05) is 29.9 Å². The zero-order chi connectivity index (χ0) is 15.6. The molecule has 0 aliphatic rings. The Morgan fingerprint density at radius 1 is 1.14 bits per heavy atom. The van der Waals surface area contributed by atoms with E-state index in [1.54, 1.807) is 12.1 Å². The fraction of sp³-hybridized carbons (Fsp3) is 0.462. The normalized spacial score (nSPS) is 10.8. The number of rotatable bonds is 10. The Morgan fingerprint density at radius 3 is 2.41 bits per heavy atom. The molecule has 0 aliphatic heterocycles. The van der Waals surface area contributed by atoms with Gasteiger partial charge in [0.25, 0.3) is 5.91 Å². The van der Waals surface area contributed by atoms with Crippen molar-refractivity contribution in [3.63, 3.8) is 0 Å². The van der Waals surface area contributed by atoms with Crippen LogP contribution in [0.2, 0.25) is 0 Å². The molecule has 118 valence electrons. The summed E-state index contributed by atoms with van der Waals surface area (Å²) in [6.07, 6.45) is 3.41. The van der Waals surface area contributed by atoms with Gasteiger partial charge in [-0.25, -0.2) is 12.0 Å². The number of hydrogen-bond acceptors (Lipinski definition) is 6. The van der Waals surface area contributed by atoms with Crippen molar-refractivity contribution in [2.24, 2.45) is 0 Å². The van der Waals surface area contributed by atoms with Crippen LogP contribution in [-0.4, -0.2) is 31.2 Å². The first kappa shape index (κ1) is 21.9. The van der Waals surface area contributed by atoms with Crippen molar-refractivity contribution in [3.8, 4) is 0 Å². The maximum absolute atomic E-state index is 11.7. The van der Waals surface area contributed by atoms with Gasteiger partial charge in [-0.15, -0.1) is 0 Å². The number of benzene rings is 1. The maximum atomic E-state index is 11.7. The van der Waals surface area contributed by atoms with Crippen LogP contribution in [0.25, 0.3) is 0 Å². The van der Waals surface area contributed by atoms with E-state index in [1.165, 1.54) is 0 Å². The third-order valence-corrected chi connectivity index (χ3v) is 4.11. The molecule has 1 rings (SSSR count). The number of unbranched alkanes of at least 4 members (excludes halogenated alkanes) is 3. The van der Waals surface area contributed by atoms with Gasteiger partial charge in [0.1, 0.15) is 0 Å². The first-order chi connectivity index (χ1) is 9.99. The molecule has 1 N–H and O–H groups in total. The second-order valence-electron chi connectivity index (χ2n) is 4.33. The molecular formula is C13H18NNaO5S2. The van der Waals surface area contributed by atoms with Crippen LogP contribution < -0.4 is 34.9 Å². The van der Waals surface area contributed by atoms with Gasteiger partial charge in [0.2, 0.25) is 10.4 Å². The van der Waals surface area contributed by atoms with E-state index in [1.807, 2.05) is 18.2 Å². The number of amides is 1. The predicted octanol–water partition coefficient (Wildman–Crippen LogP) is -0.894. The zero-order valence-corrected chi connectivity index (χ0v) is 16.1. The molecule has 1 aromatic rings. The molecule has 0 atom stereocenters. The smallest absolute Gasteiger partial charge is 0.725 e. The molecule has 0 aliphatic carbocycles. The van der Waals surface area contributed by atoms with E-state index in [2.05, 4.69) is 8.95 Å². The molecule has 0 heterocycles. The van der Waals surface area contributed by atoms with E-state index in [9.17, 15) is 17.8 Å². The summed E-state index contributed by atoms with van der Waals surface area (Å²) in [5.74, 6) is 0.373. The Kier molecular flexibility index (Phi) is 12.3. The average Bonchev–Trinajstić information content (AvgIpc) is 2.45. The minimum absolute atomic E-state index is 0. The second-order valence-corrected chi connectivity index (χ2v) is 6.34. The molecule has 6 nitrogen and oxygen atoms in total. The van der Waals surface area contributed by atoms with Crippen molar-refractivity contribution < 1.29 is 51.0 Å². The van der Waals surface area contributed by atoms with Crippen molar-refractivity contribution in [1.82, 2.24) is 5.32 Å². The van der Waals surface area contributed by atoms with Crippen LogP contribution in [0.4, 0.5) is 0 Å². The third kappa shape index (κ3) is 11.5. The average molecular weight is 355 g/mol. The SMILES string of the molecule is O=C(NCCCCCCSOS(=O)(=O)[O-])c1ccccc1.[Na+]. The van der Waals surface area contributed by atoms with Gasteiger partial charge in [-0.3, -0.25) is 4.79 Å². The van der Waals surface area contributed by atoms with Gasteiger partial charge >= 0.3 is 29.6 Å². The van der Waals surface area contributed by atoms with Crippen molar-refractivity contribution in [2.45, 2.75) is 25.7 Å². The van der Waals surface area contributed by atoms with Crippen LogP contribution in [0.15, 0.2) is 30.3 Å². The van der Waals surface area contributed by atoms with E-state index < -0.39 is 10.4 Å². The Balaban J connectivity index is 0.00000441. The van der Waals surface area contributed by atoms with Gasteiger partial charge in [-0.1, -0.05) is 31.0 Å². The molecule has 1 amide bonds. The van der Waals surface area contributed by atoms with Crippen molar-refractivity contribution >= 4 is 28.3 Å². The van der Waals surface area contributed by atoms with E-state index in [4.69, 9.17) is 0 Å². The van der Waals surface area contributed by atoms with Gasteiger partial charge in [-0.05, 0) is 25.0 Å². The molecule has 0 bridgehead atoms. The Morgan fingerprint density at radius 2 is 1.77 bits per heavy atom. The first-order valence-corrected chi connectivity index (χ1v) is 8.83. The van der Waals surface area contributed by atoms with E-state index >= 15 is 0 Å². The summed E-state index contributed by atoms with van der Waals surface area (Å²) in [5.41, 5.74) is 0.643. The minimum Gasteiger partial charge on any atom is -0.725 e. The van der Waals surface area contributed by atoms with Crippen LogP contribution in [0.5, 0.6) is 0 Å². The summed E-state index contributed by atoms with van der Waals surface area (Å²) in [4.78, 5) is 11.7. The molecule has 9 heteroatoms. The molecule has 0 fully saturated rings. The molecule has 0 unspecified atom stereocenters. The van der Waals surface area contributed by atoms with E-state index in [0.29, 0.717) is 29.9 Å². The Labute approximate surface area is 157 Å². The van der Waals surface area contributed by atoms with Crippen LogP contribution in [0.3, 0.4) is 0 Å². The van der Waals surface area contributed by atoms with Crippen molar-refractivity contribution in [2.75, 3.05) is 12.3 Å². The van der Waals surface area contributed by atoms with Gasteiger partial charge in [-0.2, -0.15) is 0 Å². The topological polar surface area (TPSA) is 95.5 Å². The summed E-state index contributed by atoms with van der Waals surface area (Å²) in [5, 5.41) is 2.83. The van der Waals surface area contributed by atoms with Gasteiger partial charge < -0.3 is 9.87 Å². The van der Waals surface area contributed by atoms with Crippen LogP contribution in [0.1, 0.15) is 36.0 Å². The molecule has 22 heavy (non-hydrogen) atoms. The maximum Gasteiger partial charge on any atom is 1.00 e. The largest absolute Gasteiger partial charge is 1.00 e. The van der Waals surface area contributed by atoms with Crippen molar-refractivity contribution in [3.05, 3.63) is 35.9 Å². The molecule has 0 saturated heterocycles. The van der Waals surface area contributed by atoms with E-state index in [-0.39, 0.29) is 35.5 Å². The van der Waals surface area contributed by atoms with Gasteiger partial charge in [0.15, 0.2) is 0 Å². The number of carbonyl (C=O) groups is 1. The van der Waals surface area contributed by atoms with Crippen molar-refractivity contribution in [1.29, 1.82) is 0 Å². The second kappa shape index (κ2) is 12.3. The predicted molar refractivity (Wildman–Crippen MR) is 80.5 cm³/mol. The van der Waals surface area contributed by atoms with Crippen LogP contribution in [0, 0.1) is 0 Å². The number of nitrogens with one attached hydrogen (secondary N) is 1. The van der Waals surface area contributed by atoms with Gasteiger partial charge in [0.05, 0.1) is 0 Å². The zero-order valence-electron chi connectivity index (χ0n) is 12.5. The summed E-state index contributed by atoms with van der Waals surface area (Å²) >= 11 is 0.656. The standard InChI is InChI=1S/C13H19NO5S2.Na/c15-13(12-8-4-3-5-9-12)14-10-6-1-2-7-11-20-19-21(16,17)18;/h3-5,8-9H,1-2,6-7,10-11H2,(H,14,15)(H,16,17,18);/q;+1/p-1. The van der Waals surface area contributed by atoms with Crippen LogP contribution in [-0.2, 0) is 14.0 Å². The molecule has 0 radical (unpaired) electrons. The Bertz CT molecular complexity index is 524. The molecule has 1 aromatic carbocycles. The molecular weight excluding hydrogens is 337 g/mol. The molecule has 0 aromatic heterocycles. The fourth-order valence-electron chi connectivity index (χ4n) is 1.63. The molecule has 0 spiro atoms. The minimum atomic E-state index is -4.60. The summed E-state index contributed by atoms with van der Waals surface area (Å²) in [6.45, 7) is 0.603. The summed E-state index contributed by atoms with van der Waals surface area (Å²) in [7, 11) is -4.60. The van der Waals surface area contributed by atoms with Crippen LogP contribution >= 0.6 is 12.0 Å². The summed E-state index contributed by atoms with van der Waals surface area (Å²) < 4.78 is 34.5. The third-order valence-electron chi connectivity index (χ3n) is 2.61. The number of hydrogen-bond donors (Lipinski definition) is 1. The number of carbonyl (C=O) groups excluding carboxylic acids is 1. The summed E-state index contributed by atoms with van der Waals surface area (Å²) in [6, 6.07) is 9.01. The molecule has 0 saturated carbocycles.